The summed E-state index contributed by atoms with van der Waals surface area (Å²) in [6, 6.07) is 3.77. The lowest BCUT2D eigenvalue weighted by Gasteiger charge is -2.18. The Kier molecular flexibility index (Phi) is 2.58. The highest BCUT2D eigenvalue weighted by atomic mass is 16.7. The fraction of sp³-hybridized carbons (Fsp3) is 0.600. The van der Waals surface area contributed by atoms with E-state index in [0.717, 1.165) is 5.76 Å². The number of hydrogen-bond donors (Lipinski definition) is 1. The lowest BCUT2D eigenvalue weighted by molar-refractivity contribution is -0.141. The second kappa shape index (κ2) is 3.73. The predicted octanol–water partition coefficient (Wildman–Crippen LogP) is 1.19. The van der Waals surface area contributed by atoms with Crippen molar-refractivity contribution in [1.29, 1.82) is 0 Å². The van der Waals surface area contributed by atoms with Gasteiger partial charge in [-0.2, -0.15) is 5.06 Å². The fourth-order valence-electron chi connectivity index (χ4n) is 2.03. The van der Waals surface area contributed by atoms with E-state index in [1.807, 2.05) is 26.1 Å². The molecule has 0 aliphatic carbocycles. The number of aliphatic hydroxyl groups is 1. The van der Waals surface area contributed by atoms with Crippen LogP contribution >= 0.6 is 0 Å². The van der Waals surface area contributed by atoms with Gasteiger partial charge in [0.25, 0.3) is 0 Å². The highest BCUT2D eigenvalue weighted by Crippen LogP contribution is 2.37. The first-order valence-corrected chi connectivity index (χ1v) is 4.78. The Hall–Kier alpha value is -0.840. The lowest BCUT2D eigenvalue weighted by Crippen LogP contribution is -2.23. The molecule has 3 atom stereocenters. The van der Waals surface area contributed by atoms with Gasteiger partial charge >= 0.3 is 0 Å². The van der Waals surface area contributed by atoms with Crippen molar-refractivity contribution in [1.82, 2.24) is 5.06 Å². The molecule has 1 fully saturated rings. The van der Waals surface area contributed by atoms with Crippen molar-refractivity contribution in [3.8, 4) is 0 Å². The summed E-state index contributed by atoms with van der Waals surface area (Å²) in [7, 11) is 1.86. The molecule has 1 aliphatic rings. The van der Waals surface area contributed by atoms with Gasteiger partial charge in [0.05, 0.1) is 19.0 Å². The first kappa shape index (κ1) is 9.71. The zero-order chi connectivity index (χ0) is 10.1. The minimum atomic E-state index is 0.0185. The van der Waals surface area contributed by atoms with Crippen LogP contribution in [0.4, 0.5) is 0 Å². The topological polar surface area (TPSA) is 45.8 Å². The van der Waals surface area contributed by atoms with Gasteiger partial charge < -0.3 is 9.52 Å². The van der Waals surface area contributed by atoms with Gasteiger partial charge in [-0.15, -0.1) is 0 Å². The van der Waals surface area contributed by atoms with Gasteiger partial charge in [-0.3, -0.25) is 4.84 Å². The molecule has 1 aromatic heterocycles. The normalized spacial score (nSPS) is 33.8. The van der Waals surface area contributed by atoms with Gasteiger partial charge in [0, 0.05) is 13.0 Å². The third-order valence-electron chi connectivity index (χ3n) is 2.78. The molecule has 0 radical (unpaired) electrons. The van der Waals surface area contributed by atoms with Crippen LogP contribution in [0.25, 0.3) is 0 Å². The molecule has 0 aromatic carbocycles. The summed E-state index contributed by atoms with van der Waals surface area (Å²) in [5.74, 6) is 0.919. The third kappa shape index (κ3) is 1.45. The number of hydrogen-bond acceptors (Lipinski definition) is 4. The molecule has 1 aliphatic heterocycles. The van der Waals surface area contributed by atoms with Crippen LogP contribution in [-0.4, -0.2) is 29.9 Å². The Balaban J connectivity index is 2.24. The van der Waals surface area contributed by atoms with Crippen molar-refractivity contribution < 1.29 is 14.4 Å². The van der Waals surface area contributed by atoms with Crippen LogP contribution in [0.1, 0.15) is 18.7 Å². The minimum absolute atomic E-state index is 0.0185. The first-order chi connectivity index (χ1) is 6.74. The second-order valence-electron chi connectivity index (χ2n) is 3.66. The van der Waals surface area contributed by atoms with Crippen molar-refractivity contribution in [3.63, 3.8) is 0 Å². The van der Waals surface area contributed by atoms with Crippen LogP contribution in [0.5, 0.6) is 0 Å². The van der Waals surface area contributed by atoms with Gasteiger partial charge in [0.15, 0.2) is 0 Å². The van der Waals surface area contributed by atoms with Crippen LogP contribution in [0.3, 0.4) is 0 Å². The van der Waals surface area contributed by atoms with E-state index in [4.69, 9.17) is 9.25 Å². The van der Waals surface area contributed by atoms with Crippen LogP contribution in [-0.2, 0) is 4.84 Å². The Bertz CT molecular complexity index is 286. The molecule has 0 saturated carbocycles. The summed E-state index contributed by atoms with van der Waals surface area (Å²) in [6.07, 6.45) is 1.67. The zero-order valence-electron chi connectivity index (χ0n) is 8.38. The number of furan rings is 1. The van der Waals surface area contributed by atoms with Gasteiger partial charge in [-0.05, 0) is 19.1 Å². The summed E-state index contributed by atoms with van der Waals surface area (Å²) in [6.45, 7) is 2.07. The van der Waals surface area contributed by atoms with Crippen LogP contribution in [0.15, 0.2) is 22.8 Å². The molecule has 78 valence electrons. The maximum atomic E-state index is 9.28. The molecule has 1 aromatic rings. The van der Waals surface area contributed by atoms with E-state index >= 15 is 0 Å². The smallest absolute Gasteiger partial charge is 0.123 e. The van der Waals surface area contributed by atoms with Gasteiger partial charge in [-0.1, -0.05) is 0 Å². The quantitative estimate of drug-likeness (QED) is 0.773. The average molecular weight is 197 g/mol. The van der Waals surface area contributed by atoms with Gasteiger partial charge in [0.1, 0.15) is 11.8 Å². The Labute approximate surface area is 83.0 Å². The maximum Gasteiger partial charge on any atom is 0.123 e. The molecule has 4 nitrogen and oxygen atoms in total. The summed E-state index contributed by atoms with van der Waals surface area (Å²) in [4.78, 5) is 5.51. The predicted molar refractivity (Wildman–Crippen MR) is 50.3 cm³/mol. The monoisotopic (exact) mass is 197 g/mol. The van der Waals surface area contributed by atoms with Crippen LogP contribution < -0.4 is 0 Å². The molecule has 0 spiro atoms. The molecule has 0 bridgehead atoms. The highest BCUT2D eigenvalue weighted by Gasteiger charge is 2.41. The van der Waals surface area contributed by atoms with Crippen molar-refractivity contribution in [2.75, 3.05) is 13.7 Å². The summed E-state index contributed by atoms with van der Waals surface area (Å²) < 4.78 is 5.34. The molecule has 1 N–H and O–H groups in total. The Morgan fingerprint density at radius 2 is 2.36 bits per heavy atom. The molecule has 4 heteroatoms. The van der Waals surface area contributed by atoms with E-state index in [0.29, 0.717) is 0 Å². The van der Waals surface area contributed by atoms with E-state index in [2.05, 4.69) is 0 Å². The van der Waals surface area contributed by atoms with Crippen molar-refractivity contribution in [3.05, 3.63) is 24.2 Å². The summed E-state index contributed by atoms with van der Waals surface area (Å²) in [5, 5.41) is 11.0. The van der Waals surface area contributed by atoms with Crippen LogP contribution in [0, 0.1) is 5.92 Å². The second-order valence-corrected chi connectivity index (χ2v) is 3.66. The molecule has 0 unspecified atom stereocenters. The number of rotatable bonds is 2. The standard InChI is InChI=1S/C10H15NO3/c1-7-8(6-12)10(11(2)14-7)9-4-3-5-13-9/h3-5,7-8,10,12H,6H2,1-2H3/t7-,8-,10+/m0/s1. The van der Waals surface area contributed by atoms with E-state index < -0.39 is 0 Å². The van der Waals surface area contributed by atoms with Crippen molar-refractivity contribution >= 4 is 0 Å². The Morgan fingerprint density at radius 1 is 1.57 bits per heavy atom. The zero-order valence-corrected chi connectivity index (χ0v) is 8.38. The largest absolute Gasteiger partial charge is 0.468 e. The molecule has 14 heavy (non-hydrogen) atoms. The highest BCUT2D eigenvalue weighted by molar-refractivity contribution is 5.07. The SMILES string of the molecule is C[C@@H]1ON(C)[C@@H](c2ccco2)[C@H]1CO. The fourth-order valence-corrected chi connectivity index (χ4v) is 2.03. The lowest BCUT2D eigenvalue weighted by atomic mass is 9.95. The van der Waals surface area contributed by atoms with Gasteiger partial charge in [0.2, 0.25) is 0 Å². The molecular weight excluding hydrogens is 182 g/mol. The number of hydroxylamine groups is 2. The number of aliphatic hydroxyl groups excluding tert-OH is 1. The molecule has 2 rings (SSSR count). The van der Waals surface area contributed by atoms with Gasteiger partial charge in [-0.25, -0.2) is 0 Å². The van der Waals surface area contributed by atoms with E-state index in [1.165, 1.54) is 0 Å². The van der Waals surface area contributed by atoms with Crippen LogP contribution in [0.2, 0.25) is 0 Å². The van der Waals surface area contributed by atoms with E-state index in [9.17, 15) is 5.11 Å². The maximum absolute atomic E-state index is 9.28. The first-order valence-electron chi connectivity index (χ1n) is 4.78. The van der Waals surface area contributed by atoms with Crippen molar-refractivity contribution in [2.24, 2.45) is 5.92 Å². The van der Waals surface area contributed by atoms with E-state index in [1.54, 1.807) is 11.3 Å². The van der Waals surface area contributed by atoms with Crippen molar-refractivity contribution in [2.45, 2.75) is 19.1 Å². The Morgan fingerprint density at radius 3 is 2.93 bits per heavy atom. The summed E-state index contributed by atoms with van der Waals surface area (Å²) in [5.41, 5.74) is 0. The molecule has 2 heterocycles. The summed E-state index contributed by atoms with van der Waals surface area (Å²) >= 11 is 0. The molecule has 0 amide bonds. The molecular formula is C10H15NO3. The third-order valence-corrected chi connectivity index (χ3v) is 2.78. The molecule has 1 saturated heterocycles. The number of nitrogens with zero attached hydrogens (tertiary/aromatic N) is 1. The minimum Gasteiger partial charge on any atom is -0.468 e. The average Bonchev–Trinajstić information content (AvgIpc) is 2.72. The van der Waals surface area contributed by atoms with E-state index in [-0.39, 0.29) is 24.7 Å².